The Morgan fingerprint density at radius 3 is 3.18 bits per heavy atom. The first-order valence-electron chi connectivity index (χ1n) is 3.49. The summed E-state index contributed by atoms with van der Waals surface area (Å²) in [4.78, 5) is 3.03. The maximum absolute atomic E-state index is 8.81. The molecule has 1 aromatic carbocycles. The molecule has 2 N–H and O–H groups in total. The van der Waals surface area contributed by atoms with Crippen LogP contribution in [0.5, 0.6) is 0 Å². The molecule has 0 unspecified atom stereocenters. The van der Waals surface area contributed by atoms with Crippen LogP contribution in [0.1, 0.15) is 5.56 Å². The molecule has 1 heterocycles. The highest BCUT2D eigenvalue weighted by Crippen LogP contribution is 2.12. The molecule has 2 aromatic rings. The van der Waals surface area contributed by atoms with E-state index in [9.17, 15) is 0 Å². The van der Waals surface area contributed by atoms with Gasteiger partial charge in [-0.1, -0.05) is 12.1 Å². The number of nitrogens with one attached hydrogen (secondary N) is 1. The number of hydrogen-bond acceptors (Lipinski definition) is 1. The van der Waals surface area contributed by atoms with E-state index in [2.05, 4.69) is 11.1 Å². The van der Waals surface area contributed by atoms with Gasteiger partial charge in [0.15, 0.2) is 0 Å². The van der Waals surface area contributed by atoms with E-state index in [0.29, 0.717) is 0 Å². The Morgan fingerprint density at radius 2 is 2.36 bits per heavy atom. The smallest absolute Gasteiger partial charge is 0.0682 e. The number of aromatic nitrogens is 1. The number of H-pyrrole nitrogens is 1. The van der Waals surface area contributed by atoms with Gasteiger partial charge in [0.1, 0.15) is 0 Å². The van der Waals surface area contributed by atoms with Crippen LogP contribution in [0.4, 0.5) is 0 Å². The van der Waals surface area contributed by atoms with E-state index in [1.807, 2.05) is 18.2 Å². The molecule has 1 radical (unpaired) electrons. The standard InChI is InChI=1S/C9H8NO/c11-6-7-1-2-8-3-4-10-9(8)5-7/h1-2,4-5,10-11H,6H2. The third-order valence-electron chi connectivity index (χ3n) is 1.72. The summed E-state index contributed by atoms with van der Waals surface area (Å²) in [6, 6.07) is 8.79. The Bertz CT molecular complexity index is 364. The van der Waals surface area contributed by atoms with Gasteiger partial charge in [-0.3, -0.25) is 0 Å². The number of aliphatic hydroxyl groups excluding tert-OH is 1. The lowest BCUT2D eigenvalue weighted by atomic mass is 10.2. The third-order valence-corrected chi connectivity index (χ3v) is 1.72. The molecule has 55 valence electrons. The van der Waals surface area contributed by atoms with Crippen molar-refractivity contribution in [1.82, 2.24) is 4.98 Å². The largest absolute Gasteiger partial charge is 0.392 e. The lowest BCUT2D eigenvalue weighted by molar-refractivity contribution is 0.282. The van der Waals surface area contributed by atoms with Crippen molar-refractivity contribution in [2.45, 2.75) is 6.61 Å². The predicted octanol–water partition coefficient (Wildman–Crippen LogP) is 1.46. The minimum Gasteiger partial charge on any atom is -0.392 e. The molecular weight excluding hydrogens is 138 g/mol. The number of aliphatic hydroxyl groups is 1. The van der Waals surface area contributed by atoms with Crippen molar-refractivity contribution in [3.63, 3.8) is 0 Å². The van der Waals surface area contributed by atoms with E-state index in [4.69, 9.17) is 5.11 Å². The lowest BCUT2D eigenvalue weighted by Crippen LogP contribution is -1.80. The van der Waals surface area contributed by atoms with Crippen molar-refractivity contribution in [1.29, 1.82) is 0 Å². The molecule has 0 saturated heterocycles. The Balaban J connectivity index is 2.67. The van der Waals surface area contributed by atoms with Crippen LogP contribution in [0.3, 0.4) is 0 Å². The number of aromatic amines is 1. The van der Waals surface area contributed by atoms with Crippen LogP contribution in [-0.4, -0.2) is 10.1 Å². The highest BCUT2D eigenvalue weighted by atomic mass is 16.3. The van der Waals surface area contributed by atoms with Gasteiger partial charge in [0.2, 0.25) is 0 Å². The van der Waals surface area contributed by atoms with Crippen molar-refractivity contribution >= 4 is 10.9 Å². The minimum atomic E-state index is 0.0922. The summed E-state index contributed by atoms with van der Waals surface area (Å²) >= 11 is 0. The summed E-state index contributed by atoms with van der Waals surface area (Å²) in [6.45, 7) is 0.0922. The molecule has 2 rings (SSSR count). The Kier molecular flexibility index (Phi) is 1.40. The van der Waals surface area contributed by atoms with Crippen LogP contribution in [0.15, 0.2) is 24.4 Å². The fourth-order valence-corrected chi connectivity index (χ4v) is 1.13. The molecule has 0 spiro atoms. The Morgan fingerprint density at radius 1 is 1.45 bits per heavy atom. The molecule has 1 aromatic heterocycles. The topological polar surface area (TPSA) is 36.0 Å². The SMILES string of the molecule is OCc1ccc2[c]c[nH]c2c1. The number of rotatable bonds is 1. The first-order chi connectivity index (χ1) is 5.40. The molecule has 0 aliphatic carbocycles. The van der Waals surface area contributed by atoms with E-state index in [0.717, 1.165) is 16.5 Å². The second-order valence-corrected chi connectivity index (χ2v) is 2.47. The van der Waals surface area contributed by atoms with E-state index in [1.54, 1.807) is 6.20 Å². The van der Waals surface area contributed by atoms with Crippen molar-refractivity contribution in [3.05, 3.63) is 36.0 Å². The molecule has 0 atom stereocenters. The van der Waals surface area contributed by atoms with Crippen LogP contribution in [0, 0.1) is 6.07 Å². The summed E-state index contributed by atoms with van der Waals surface area (Å²) in [5.41, 5.74) is 1.95. The molecular formula is C9H8NO. The normalized spacial score (nSPS) is 10.6. The summed E-state index contributed by atoms with van der Waals surface area (Å²) in [5, 5.41) is 9.87. The molecule has 0 fully saturated rings. The summed E-state index contributed by atoms with van der Waals surface area (Å²) < 4.78 is 0. The van der Waals surface area contributed by atoms with Crippen molar-refractivity contribution < 1.29 is 5.11 Å². The van der Waals surface area contributed by atoms with Crippen LogP contribution in [-0.2, 0) is 6.61 Å². The molecule has 0 amide bonds. The van der Waals surface area contributed by atoms with Gasteiger partial charge in [-0.2, -0.15) is 0 Å². The second kappa shape index (κ2) is 2.40. The molecule has 11 heavy (non-hydrogen) atoms. The quantitative estimate of drug-likeness (QED) is 0.627. The fraction of sp³-hybridized carbons (Fsp3) is 0.111. The van der Waals surface area contributed by atoms with Crippen molar-refractivity contribution in [2.75, 3.05) is 0 Å². The van der Waals surface area contributed by atoms with Gasteiger partial charge in [-0.15, -0.1) is 0 Å². The maximum Gasteiger partial charge on any atom is 0.0682 e. The number of fused-ring (bicyclic) bond motifs is 1. The van der Waals surface area contributed by atoms with Gasteiger partial charge in [-0.25, -0.2) is 0 Å². The predicted molar refractivity (Wildman–Crippen MR) is 43.1 cm³/mol. The van der Waals surface area contributed by atoms with Crippen molar-refractivity contribution in [2.24, 2.45) is 0 Å². The zero-order valence-electron chi connectivity index (χ0n) is 5.96. The average Bonchev–Trinajstić information content (AvgIpc) is 2.50. The van der Waals surface area contributed by atoms with Crippen LogP contribution < -0.4 is 0 Å². The zero-order chi connectivity index (χ0) is 7.68. The molecule has 0 aliphatic rings. The van der Waals surface area contributed by atoms with E-state index in [-0.39, 0.29) is 6.61 Å². The van der Waals surface area contributed by atoms with Crippen molar-refractivity contribution in [3.8, 4) is 0 Å². The zero-order valence-corrected chi connectivity index (χ0v) is 5.96. The van der Waals surface area contributed by atoms with Crippen LogP contribution in [0.25, 0.3) is 10.9 Å². The molecule has 0 aliphatic heterocycles. The number of benzene rings is 1. The van der Waals surface area contributed by atoms with Crippen LogP contribution in [0.2, 0.25) is 0 Å². The number of hydrogen-bond donors (Lipinski definition) is 2. The van der Waals surface area contributed by atoms with Gasteiger partial charge < -0.3 is 10.1 Å². The van der Waals surface area contributed by atoms with Gasteiger partial charge in [0.05, 0.1) is 6.61 Å². The molecule has 2 heteroatoms. The van der Waals surface area contributed by atoms with Gasteiger partial charge in [-0.05, 0) is 11.6 Å². The Labute approximate surface area is 64.5 Å². The van der Waals surface area contributed by atoms with Gasteiger partial charge >= 0.3 is 0 Å². The highest BCUT2D eigenvalue weighted by molar-refractivity contribution is 5.79. The van der Waals surface area contributed by atoms with E-state index in [1.165, 1.54) is 0 Å². The van der Waals surface area contributed by atoms with Gasteiger partial charge in [0.25, 0.3) is 0 Å². The maximum atomic E-state index is 8.81. The lowest BCUT2D eigenvalue weighted by Gasteiger charge is -1.94. The summed E-state index contributed by atoms with van der Waals surface area (Å²) in [6.07, 6.45) is 1.77. The second-order valence-electron chi connectivity index (χ2n) is 2.47. The first kappa shape index (κ1) is 6.43. The molecule has 2 nitrogen and oxygen atoms in total. The fourth-order valence-electron chi connectivity index (χ4n) is 1.13. The highest BCUT2D eigenvalue weighted by Gasteiger charge is 1.94. The Hall–Kier alpha value is -1.28. The van der Waals surface area contributed by atoms with E-state index < -0.39 is 0 Å². The monoisotopic (exact) mass is 146 g/mol. The third kappa shape index (κ3) is 1.01. The summed E-state index contributed by atoms with van der Waals surface area (Å²) in [7, 11) is 0. The van der Waals surface area contributed by atoms with Gasteiger partial charge in [0, 0.05) is 23.2 Å². The minimum absolute atomic E-state index is 0.0922. The average molecular weight is 146 g/mol. The molecule has 0 saturated carbocycles. The van der Waals surface area contributed by atoms with E-state index >= 15 is 0 Å². The summed E-state index contributed by atoms with van der Waals surface area (Å²) in [5.74, 6) is 0. The van der Waals surface area contributed by atoms with Crippen LogP contribution >= 0.6 is 0 Å². The first-order valence-corrected chi connectivity index (χ1v) is 3.49. The molecule has 0 bridgehead atoms.